The average molecular weight is 505 g/mol. The first-order valence-corrected chi connectivity index (χ1v) is 9.92. The van der Waals surface area contributed by atoms with Crippen molar-refractivity contribution in [3.63, 3.8) is 0 Å². The van der Waals surface area contributed by atoms with E-state index in [2.05, 4.69) is 58.4 Å². The van der Waals surface area contributed by atoms with Crippen LogP contribution in [0.4, 0.5) is 5.82 Å². The van der Waals surface area contributed by atoms with E-state index in [1.165, 1.54) is 0 Å². The van der Waals surface area contributed by atoms with Crippen molar-refractivity contribution < 1.29 is 9.47 Å². The van der Waals surface area contributed by atoms with Crippen LogP contribution in [0, 0.1) is 5.92 Å². The van der Waals surface area contributed by atoms with Gasteiger partial charge in [0.05, 0.1) is 12.7 Å². The zero-order valence-corrected chi connectivity index (χ0v) is 19.9. The fraction of sp³-hybridized carbons (Fsp3) is 0.700. The second-order valence-corrected chi connectivity index (χ2v) is 7.33. The molecule has 0 radical (unpaired) electrons. The quantitative estimate of drug-likeness (QED) is 0.233. The predicted octanol–water partition coefficient (Wildman–Crippen LogP) is 2.65. The Bertz CT molecular complexity index is 568. The van der Waals surface area contributed by atoms with Crippen molar-refractivity contribution in [3.05, 3.63) is 23.9 Å². The number of pyridine rings is 1. The van der Waals surface area contributed by atoms with E-state index in [-0.39, 0.29) is 30.1 Å². The number of ether oxygens (including phenoxy) is 2. The summed E-state index contributed by atoms with van der Waals surface area (Å²) < 4.78 is 11.2. The Morgan fingerprint density at radius 1 is 1.39 bits per heavy atom. The lowest BCUT2D eigenvalue weighted by Gasteiger charge is -2.32. The zero-order chi connectivity index (χ0) is 19.5. The van der Waals surface area contributed by atoms with Gasteiger partial charge in [0.1, 0.15) is 5.82 Å². The van der Waals surface area contributed by atoms with Gasteiger partial charge in [-0.3, -0.25) is 4.99 Å². The van der Waals surface area contributed by atoms with E-state index in [4.69, 9.17) is 9.47 Å². The van der Waals surface area contributed by atoms with Crippen LogP contribution in [0.5, 0.6) is 0 Å². The standard InChI is InChI=1S/C20H35N5O2.HI/c1-16(2)15-26-10-5-8-22-20(21-4)24-13-18-6-7-19(23-12-18)25-9-11-27-17(3)14-25;/h6-7,12,16-17H,5,8-11,13-15H2,1-4H3,(H2,21,22,24);1H. The van der Waals surface area contributed by atoms with E-state index >= 15 is 0 Å². The van der Waals surface area contributed by atoms with Gasteiger partial charge in [-0.15, -0.1) is 24.0 Å². The Hall–Kier alpha value is -1.13. The van der Waals surface area contributed by atoms with Gasteiger partial charge >= 0.3 is 0 Å². The van der Waals surface area contributed by atoms with Gasteiger partial charge in [-0.1, -0.05) is 19.9 Å². The Labute approximate surface area is 186 Å². The van der Waals surface area contributed by atoms with Gasteiger partial charge in [0, 0.05) is 52.6 Å². The van der Waals surface area contributed by atoms with Crippen molar-refractivity contribution in [2.75, 3.05) is 51.4 Å². The van der Waals surface area contributed by atoms with E-state index in [0.717, 1.165) is 63.2 Å². The lowest BCUT2D eigenvalue weighted by Crippen LogP contribution is -2.41. The number of aliphatic imine (C=N–C) groups is 1. The van der Waals surface area contributed by atoms with E-state index in [1.54, 1.807) is 7.05 Å². The number of guanidine groups is 1. The second kappa shape index (κ2) is 13.9. The van der Waals surface area contributed by atoms with Gasteiger partial charge in [-0.2, -0.15) is 0 Å². The van der Waals surface area contributed by atoms with E-state index in [1.807, 2.05) is 6.20 Å². The van der Waals surface area contributed by atoms with E-state index in [0.29, 0.717) is 12.5 Å². The molecule has 8 heteroatoms. The molecule has 1 fully saturated rings. The molecule has 1 aliphatic heterocycles. The SMILES string of the molecule is CN=C(NCCCOCC(C)C)NCc1ccc(N2CCOC(C)C2)nc1.I. The number of hydrogen-bond donors (Lipinski definition) is 2. The third kappa shape index (κ3) is 9.38. The molecule has 7 nitrogen and oxygen atoms in total. The number of hydrogen-bond acceptors (Lipinski definition) is 5. The maximum Gasteiger partial charge on any atom is 0.191 e. The number of rotatable bonds is 9. The molecular weight excluding hydrogens is 469 g/mol. The Balaban J connectivity index is 0.00000392. The molecular formula is C20H36IN5O2. The molecule has 0 amide bonds. The summed E-state index contributed by atoms with van der Waals surface area (Å²) in [6, 6.07) is 4.19. The molecule has 1 aromatic heterocycles. The van der Waals surface area contributed by atoms with Crippen LogP contribution in [-0.2, 0) is 16.0 Å². The van der Waals surface area contributed by atoms with Gasteiger partial charge < -0.3 is 25.0 Å². The zero-order valence-electron chi connectivity index (χ0n) is 17.6. The monoisotopic (exact) mass is 505 g/mol. The van der Waals surface area contributed by atoms with Crippen LogP contribution in [-0.4, -0.2) is 63.6 Å². The highest BCUT2D eigenvalue weighted by molar-refractivity contribution is 14.0. The van der Waals surface area contributed by atoms with E-state index < -0.39 is 0 Å². The van der Waals surface area contributed by atoms with Gasteiger partial charge in [-0.05, 0) is 30.9 Å². The summed E-state index contributed by atoms with van der Waals surface area (Å²) in [6.07, 6.45) is 3.14. The minimum Gasteiger partial charge on any atom is -0.381 e. The maximum atomic E-state index is 5.59. The first kappa shape index (κ1) is 24.9. The van der Waals surface area contributed by atoms with Crippen LogP contribution in [0.25, 0.3) is 0 Å². The third-order valence-corrected chi connectivity index (χ3v) is 4.27. The summed E-state index contributed by atoms with van der Waals surface area (Å²) in [4.78, 5) is 11.1. The maximum absolute atomic E-state index is 5.59. The molecule has 2 N–H and O–H groups in total. The fourth-order valence-electron chi connectivity index (χ4n) is 2.84. The van der Waals surface area contributed by atoms with Gasteiger partial charge in [0.25, 0.3) is 0 Å². The smallest absolute Gasteiger partial charge is 0.191 e. The summed E-state index contributed by atoms with van der Waals surface area (Å²) in [5, 5.41) is 6.64. The molecule has 0 spiro atoms. The molecule has 0 aromatic carbocycles. The molecule has 0 bridgehead atoms. The molecule has 2 rings (SSSR count). The van der Waals surface area contributed by atoms with Gasteiger partial charge in [-0.25, -0.2) is 4.98 Å². The van der Waals surface area contributed by atoms with Gasteiger partial charge in [0.2, 0.25) is 0 Å². The van der Waals surface area contributed by atoms with Gasteiger partial charge in [0.15, 0.2) is 5.96 Å². The number of halogens is 1. The highest BCUT2D eigenvalue weighted by Gasteiger charge is 2.17. The van der Waals surface area contributed by atoms with Crippen LogP contribution >= 0.6 is 24.0 Å². The Kier molecular flexibility index (Phi) is 12.4. The molecule has 1 aromatic rings. The van der Waals surface area contributed by atoms with Crippen molar-refractivity contribution in [2.24, 2.45) is 10.9 Å². The van der Waals surface area contributed by atoms with Crippen LogP contribution < -0.4 is 15.5 Å². The molecule has 28 heavy (non-hydrogen) atoms. The molecule has 0 saturated carbocycles. The van der Waals surface area contributed by atoms with Crippen molar-refractivity contribution in [3.8, 4) is 0 Å². The van der Waals surface area contributed by atoms with Crippen LogP contribution in [0.3, 0.4) is 0 Å². The molecule has 1 unspecified atom stereocenters. The van der Waals surface area contributed by atoms with Crippen LogP contribution in [0.1, 0.15) is 32.8 Å². The molecule has 0 aliphatic carbocycles. The predicted molar refractivity (Wildman–Crippen MR) is 126 cm³/mol. The lowest BCUT2D eigenvalue weighted by atomic mass is 10.2. The first-order valence-electron chi connectivity index (χ1n) is 9.92. The number of aromatic nitrogens is 1. The van der Waals surface area contributed by atoms with Crippen molar-refractivity contribution in [2.45, 2.75) is 39.8 Å². The fourth-order valence-corrected chi connectivity index (χ4v) is 2.84. The minimum absolute atomic E-state index is 0. The van der Waals surface area contributed by atoms with Crippen molar-refractivity contribution in [1.29, 1.82) is 0 Å². The largest absolute Gasteiger partial charge is 0.381 e. The number of anilines is 1. The highest BCUT2D eigenvalue weighted by Crippen LogP contribution is 2.15. The average Bonchev–Trinajstić information content (AvgIpc) is 2.67. The lowest BCUT2D eigenvalue weighted by molar-refractivity contribution is 0.0529. The number of nitrogens with zero attached hydrogens (tertiary/aromatic N) is 3. The molecule has 2 heterocycles. The number of morpholine rings is 1. The highest BCUT2D eigenvalue weighted by atomic mass is 127. The summed E-state index contributed by atoms with van der Waals surface area (Å²) in [5.41, 5.74) is 1.13. The first-order chi connectivity index (χ1) is 13.1. The third-order valence-electron chi connectivity index (χ3n) is 4.27. The topological polar surface area (TPSA) is 71.0 Å². The Morgan fingerprint density at radius 2 is 2.21 bits per heavy atom. The second-order valence-electron chi connectivity index (χ2n) is 7.33. The molecule has 1 atom stereocenters. The molecule has 1 aliphatic rings. The number of nitrogens with one attached hydrogen (secondary N) is 2. The summed E-state index contributed by atoms with van der Waals surface area (Å²) in [7, 11) is 1.78. The molecule has 1 saturated heterocycles. The molecule has 160 valence electrons. The van der Waals surface area contributed by atoms with Crippen molar-refractivity contribution >= 4 is 35.8 Å². The van der Waals surface area contributed by atoms with Crippen LogP contribution in [0.15, 0.2) is 23.3 Å². The van der Waals surface area contributed by atoms with Crippen LogP contribution in [0.2, 0.25) is 0 Å². The van der Waals surface area contributed by atoms with Crippen molar-refractivity contribution in [1.82, 2.24) is 15.6 Å². The Morgan fingerprint density at radius 3 is 2.86 bits per heavy atom. The van der Waals surface area contributed by atoms with E-state index in [9.17, 15) is 0 Å². The summed E-state index contributed by atoms with van der Waals surface area (Å²) in [5.74, 6) is 2.39. The summed E-state index contributed by atoms with van der Waals surface area (Å²) in [6.45, 7) is 12.1. The normalized spacial score (nSPS) is 17.4. The minimum atomic E-state index is 0. The summed E-state index contributed by atoms with van der Waals surface area (Å²) >= 11 is 0.